The number of nitrogen functional groups attached to an aromatic ring is 5. The number of nitrogens with two attached hydrogens (primary N) is 5. The van der Waals surface area contributed by atoms with Crippen molar-refractivity contribution in [3.63, 3.8) is 0 Å². The SMILES string of the molecule is Cc1cccnc1CCCNc1c(F)c(N)c2c(=O)c(C)cn3c2c1OCC3(C)C.Cc1cccnc1CCCNc1c(F)c(N)c2c(=O)c(C)cn3c2c1OC[C@@H]3C.Cc1cn2c3c(c(NCCCc4ccccn4)c(F)c(N)c3c1=O)OCC2(C)C.Cc1cn2c3c(c(NCCCc4ccccn4)c(F)c(N)c3c1=O)OCC2(C)C.Cc1cn2c3c(c(NCCCc4cccnc4)c(F)c(N)c3c1=O)OC[C@@H]2C. The van der Waals surface area contributed by atoms with Gasteiger partial charge in [0.05, 0.1) is 112 Å². The van der Waals surface area contributed by atoms with Gasteiger partial charge in [-0.2, -0.15) is 0 Å². The van der Waals surface area contributed by atoms with E-state index in [1.165, 1.54) is 0 Å². The number of hydrogen-bond acceptors (Lipinski definition) is 25. The highest BCUT2D eigenvalue weighted by Crippen LogP contribution is 2.50. The van der Waals surface area contributed by atoms with Crippen molar-refractivity contribution in [1.82, 2.24) is 47.8 Å². The van der Waals surface area contributed by atoms with Crippen molar-refractivity contribution in [2.45, 2.75) is 197 Å². The second-order valence-electron chi connectivity index (χ2n) is 39.7. The zero-order valence-corrected chi connectivity index (χ0v) is 84.4. The highest BCUT2D eigenvalue weighted by molar-refractivity contribution is 6.05. The Labute approximate surface area is 835 Å². The van der Waals surface area contributed by atoms with Crippen LogP contribution in [0, 0.1) is 77.6 Å². The molecule has 0 fully saturated rings. The summed E-state index contributed by atoms with van der Waals surface area (Å²) in [6, 6.07) is 23.4. The van der Waals surface area contributed by atoms with E-state index in [-0.39, 0.29) is 140 Å². The minimum Gasteiger partial charge on any atom is -0.487 e. The number of ether oxygens (including phenoxy) is 5. The smallest absolute Gasteiger partial charge is 0.194 e. The number of aryl methyl sites for hydroxylation is 12. The molecule has 15 N–H and O–H groups in total. The molecule has 0 saturated carbocycles. The number of anilines is 10. The first-order valence-electron chi connectivity index (χ1n) is 48.9. The quantitative estimate of drug-likeness (QED) is 0.0144. The van der Waals surface area contributed by atoms with Crippen molar-refractivity contribution >= 4 is 111 Å². The number of halogens is 5. The predicted molar refractivity (Wildman–Crippen MR) is 566 cm³/mol. The molecular formula is C110H125F5N20O10. The Bertz CT molecular complexity index is 7670. The molecule has 0 radical (unpaired) electrons. The largest absolute Gasteiger partial charge is 0.487 e. The van der Waals surface area contributed by atoms with Crippen LogP contribution >= 0.6 is 0 Å². The molecule has 145 heavy (non-hydrogen) atoms. The highest BCUT2D eigenvalue weighted by atomic mass is 19.1. The average Bonchev–Trinajstić information content (AvgIpc) is 0.728. The molecule has 0 saturated heterocycles. The van der Waals surface area contributed by atoms with Crippen molar-refractivity contribution in [2.75, 3.05) is 121 Å². The lowest BCUT2D eigenvalue weighted by Crippen LogP contribution is -2.38. The molecule has 0 bridgehead atoms. The molecule has 5 aliphatic heterocycles. The number of pyridine rings is 10. The van der Waals surface area contributed by atoms with E-state index in [9.17, 15) is 24.0 Å². The van der Waals surface area contributed by atoms with Crippen LogP contribution in [0.1, 0.15) is 167 Å². The Kier molecular flexibility index (Phi) is 29.8. The first-order valence-corrected chi connectivity index (χ1v) is 48.9. The van der Waals surface area contributed by atoms with Crippen LogP contribution in [0.5, 0.6) is 28.7 Å². The minimum atomic E-state index is -0.640. The van der Waals surface area contributed by atoms with Crippen LogP contribution in [0.2, 0.25) is 0 Å². The molecule has 10 aromatic heterocycles. The lowest BCUT2D eigenvalue weighted by Gasteiger charge is -2.36. The van der Waals surface area contributed by atoms with Gasteiger partial charge in [-0.15, -0.1) is 0 Å². The Morgan fingerprint density at radius 3 is 0.917 bits per heavy atom. The molecule has 0 spiro atoms. The molecule has 20 rings (SSSR count). The van der Waals surface area contributed by atoms with Gasteiger partial charge < -0.3 is 102 Å². The number of aromatic nitrogens is 10. The zero-order chi connectivity index (χ0) is 104. The molecule has 35 heteroatoms. The molecule has 30 nitrogen and oxygen atoms in total. The molecule has 2 atom stereocenters. The van der Waals surface area contributed by atoms with E-state index in [0.29, 0.717) is 150 Å². The number of nitrogens with one attached hydrogen (secondary N) is 5. The van der Waals surface area contributed by atoms with Crippen LogP contribution in [0.4, 0.5) is 78.8 Å². The van der Waals surface area contributed by atoms with Crippen molar-refractivity contribution in [3.8, 4) is 28.7 Å². The van der Waals surface area contributed by atoms with E-state index < -0.39 is 29.1 Å². The van der Waals surface area contributed by atoms with Gasteiger partial charge in [0.25, 0.3) is 0 Å². The maximum atomic E-state index is 15.2. The molecule has 0 amide bonds. The number of rotatable bonds is 25. The van der Waals surface area contributed by atoms with Crippen LogP contribution in [-0.4, -0.2) is 114 Å². The molecule has 0 unspecified atom stereocenters. The van der Waals surface area contributed by atoms with Gasteiger partial charge in [-0.3, -0.25) is 48.9 Å². The fourth-order valence-electron chi connectivity index (χ4n) is 19.2. The molecule has 15 heterocycles. The monoisotopic (exact) mass is 1980 g/mol. The molecule has 5 aromatic carbocycles. The second kappa shape index (κ2) is 42.2. The van der Waals surface area contributed by atoms with Gasteiger partial charge in [0.1, 0.15) is 61.5 Å². The molecular weight excluding hydrogens is 1860 g/mol. The van der Waals surface area contributed by atoms with Gasteiger partial charge in [-0.1, -0.05) is 30.3 Å². The van der Waals surface area contributed by atoms with Gasteiger partial charge in [0.15, 0.2) is 85.0 Å². The maximum Gasteiger partial charge on any atom is 0.194 e. The van der Waals surface area contributed by atoms with Gasteiger partial charge >= 0.3 is 0 Å². The zero-order valence-electron chi connectivity index (χ0n) is 84.4. The third-order valence-corrected chi connectivity index (χ3v) is 27.3. The summed E-state index contributed by atoms with van der Waals surface area (Å²) in [5.41, 5.74) is 41.2. The maximum absolute atomic E-state index is 15.2. The van der Waals surface area contributed by atoms with Crippen molar-refractivity contribution in [2.24, 2.45) is 0 Å². The van der Waals surface area contributed by atoms with Crippen molar-refractivity contribution in [1.29, 1.82) is 0 Å². The molecule has 760 valence electrons. The van der Waals surface area contributed by atoms with Gasteiger partial charge in [0, 0.05) is 151 Å². The lowest BCUT2D eigenvalue weighted by molar-refractivity contribution is 0.171. The number of benzene rings is 5. The summed E-state index contributed by atoms with van der Waals surface area (Å²) in [5, 5.41) is 16.6. The van der Waals surface area contributed by atoms with E-state index in [2.05, 4.69) is 51.5 Å². The fourth-order valence-corrected chi connectivity index (χ4v) is 19.2. The summed E-state index contributed by atoms with van der Waals surface area (Å²) in [5.74, 6) is -1.42. The van der Waals surface area contributed by atoms with Crippen LogP contribution in [0.15, 0.2) is 165 Å². The summed E-state index contributed by atoms with van der Waals surface area (Å²) in [6.07, 6.45) is 27.4. The predicted octanol–water partition coefficient (Wildman–Crippen LogP) is 18.3. The number of nitrogens with zero attached hydrogens (tertiary/aromatic N) is 10. The van der Waals surface area contributed by atoms with Crippen LogP contribution in [0.25, 0.3) is 54.5 Å². The third kappa shape index (κ3) is 20.2. The standard InChI is InChI=1S/C23H27FN4O2.3C22H25FN4O2.C21H23FN4O2/c1-13-7-5-9-26-15(13)8-6-10-27-19-17(24)18(25)16-20-22(19)30-12-23(3,4)28(20)11-14(2)21(16)29;1-12-6-4-8-25-15(12)7-5-9-26-19-17(23)18(24)16-20-22(19)29-11-14(3)27(20)10-13(2)21(16)28;2*1-13-11-27-19-15(20(13)28)17(24)16(23)18(21(19)29-12-22(27,2)3)26-10-6-8-14-7-4-5-9-25-14;1-12-10-26-13(2)11-28-21-18(16(22)17(23)15(19(21)26)20(12)27)25-8-4-6-14-5-3-7-24-9-14/h5,7,9,11,27H,6,8,10,12,25H2,1-4H3;4,6,8,10,14,26H,5,7,9,11,24H2,1-3H3;2*4-5,7,9,11,26H,6,8,10,12,24H2,1-3H3;3,5,7,9-10,13,25H,4,6,8,11,23H2,1-2H3/t;14-;;;13-/m.0..0/s1. The van der Waals surface area contributed by atoms with Crippen LogP contribution in [-0.2, 0) is 48.7 Å². The van der Waals surface area contributed by atoms with Crippen LogP contribution in [0.3, 0.4) is 0 Å². The number of hydrogen-bond donors (Lipinski definition) is 10. The Balaban J connectivity index is 0.000000130. The third-order valence-electron chi connectivity index (χ3n) is 27.3. The summed E-state index contributed by atoms with van der Waals surface area (Å²) < 4.78 is 115. The summed E-state index contributed by atoms with van der Waals surface area (Å²) >= 11 is 0. The fraction of sp³-hybridized carbons (Fsp3) is 0.364. The minimum absolute atomic E-state index is 0.0224. The Morgan fingerprint density at radius 2 is 0.621 bits per heavy atom. The Hall–Kier alpha value is -15.5. The average molecular weight is 1980 g/mol. The highest BCUT2D eigenvalue weighted by Gasteiger charge is 2.40. The molecule has 15 aromatic rings. The lowest BCUT2D eigenvalue weighted by atomic mass is 9.99. The van der Waals surface area contributed by atoms with Crippen molar-refractivity contribution < 1.29 is 45.6 Å². The van der Waals surface area contributed by atoms with Crippen molar-refractivity contribution in [3.05, 3.63) is 288 Å². The summed E-state index contributed by atoms with van der Waals surface area (Å²) in [7, 11) is 0. The first kappa shape index (κ1) is 102. The Morgan fingerprint density at radius 1 is 0.338 bits per heavy atom. The van der Waals surface area contributed by atoms with Gasteiger partial charge in [0.2, 0.25) is 0 Å². The summed E-state index contributed by atoms with van der Waals surface area (Å²) in [6.45, 7) is 33.2. The van der Waals surface area contributed by atoms with E-state index in [1.807, 2.05) is 177 Å². The van der Waals surface area contributed by atoms with Crippen LogP contribution < -0.4 is 106 Å². The van der Waals surface area contributed by atoms with Gasteiger partial charge in [-0.05, 0) is 227 Å². The topological polar surface area (TPSA) is 411 Å². The van der Waals surface area contributed by atoms with E-state index in [1.54, 1.807) is 90.4 Å². The normalized spacial score (nSPS) is 14.9. The van der Waals surface area contributed by atoms with E-state index in [4.69, 9.17) is 52.4 Å². The molecule has 0 aliphatic carbocycles. The second-order valence-corrected chi connectivity index (χ2v) is 39.7. The van der Waals surface area contributed by atoms with E-state index >= 15 is 22.0 Å². The van der Waals surface area contributed by atoms with Gasteiger partial charge in [-0.25, -0.2) is 22.0 Å². The first-order chi connectivity index (χ1) is 69.2. The molecule has 5 aliphatic rings. The van der Waals surface area contributed by atoms with E-state index in [0.717, 1.165) is 104 Å². The summed E-state index contributed by atoms with van der Waals surface area (Å²) in [4.78, 5) is 85.1.